The average Bonchev–Trinajstić information content (AvgIpc) is 2.08. The maximum absolute atomic E-state index is 11.4. The van der Waals surface area contributed by atoms with Crippen LogP contribution in [0.5, 0.6) is 0 Å². The molecule has 72 valence electrons. The Balaban J connectivity index is 2.65. The minimum atomic E-state index is -0.964. The summed E-state index contributed by atoms with van der Waals surface area (Å²) >= 11 is 5.71. The van der Waals surface area contributed by atoms with Crippen LogP contribution >= 0.6 is 11.6 Å². The van der Waals surface area contributed by atoms with Crippen molar-refractivity contribution in [1.29, 1.82) is 0 Å². The molecule has 0 N–H and O–H groups in total. The average molecular weight is 217 g/mol. The Kier molecular flexibility index (Phi) is 3.94. The van der Waals surface area contributed by atoms with E-state index in [-0.39, 0.29) is 4.71 Å². The molecule has 0 bridgehead atoms. The molecule has 0 fully saturated rings. The van der Waals surface area contributed by atoms with Gasteiger partial charge in [-0.15, -0.1) is 11.6 Å². The first kappa shape index (κ1) is 10.7. The Labute approximate surface area is 86.6 Å². The Bertz CT molecular complexity index is 292. The minimum Gasteiger partial charge on any atom is -0.258 e. The van der Waals surface area contributed by atoms with Crippen molar-refractivity contribution >= 4 is 22.4 Å². The molecule has 1 aromatic carbocycles. The van der Waals surface area contributed by atoms with Crippen molar-refractivity contribution in [2.45, 2.75) is 24.3 Å². The van der Waals surface area contributed by atoms with Gasteiger partial charge in [0.2, 0.25) is 0 Å². The molecule has 3 heteroatoms. The van der Waals surface area contributed by atoms with Crippen LogP contribution in [0.1, 0.15) is 18.1 Å². The summed E-state index contributed by atoms with van der Waals surface area (Å²) in [6, 6.07) is 8.02. The monoisotopic (exact) mass is 216 g/mol. The fourth-order valence-electron chi connectivity index (χ4n) is 0.963. The molecule has 0 aromatic heterocycles. The van der Waals surface area contributed by atoms with Gasteiger partial charge in [-0.25, -0.2) is 0 Å². The molecular formula is C10H13ClOS. The van der Waals surface area contributed by atoms with E-state index in [2.05, 4.69) is 0 Å². The molecule has 1 unspecified atom stereocenters. The van der Waals surface area contributed by atoms with Crippen LogP contribution < -0.4 is 0 Å². The van der Waals surface area contributed by atoms with Gasteiger partial charge in [0.05, 0.1) is 5.75 Å². The summed E-state index contributed by atoms with van der Waals surface area (Å²) < 4.78 is 11.1. The molecule has 0 aliphatic rings. The maximum Gasteiger partial charge on any atom is 0.106 e. The third-order valence-electron chi connectivity index (χ3n) is 1.79. The molecule has 1 rings (SSSR count). The first-order chi connectivity index (χ1) is 6.09. The second-order valence-electron chi connectivity index (χ2n) is 3.05. The number of hydrogen-bond acceptors (Lipinski definition) is 1. The topological polar surface area (TPSA) is 17.1 Å². The standard InChI is InChI=1S/C10H13ClOS/c1-8-3-5-10(6-4-8)7-13(12)9(2)11/h3-6,9H,7H2,1-2H3/t9?,13-/m1/s1. The molecular weight excluding hydrogens is 204 g/mol. The predicted molar refractivity (Wildman–Crippen MR) is 58.3 cm³/mol. The molecule has 0 amide bonds. The fraction of sp³-hybridized carbons (Fsp3) is 0.400. The van der Waals surface area contributed by atoms with Crippen LogP contribution in [0.4, 0.5) is 0 Å². The Hall–Kier alpha value is -0.340. The zero-order valence-corrected chi connectivity index (χ0v) is 9.36. The van der Waals surface area contributed by atoms with Gasteiger partial charge in [0.1, 0.15) is 4.71 Å². The predicted octanol–water partition coefficient (Wildman–Crippen LogP) is 2.83. The number of halogens is 1. The molecule has 13 heavy (non-hydrogen) atoms. The van der Waals surface area contributed by atoms with Gasteiger partial charge >= 0.3 is 0 Å². The van der Waals surface area contributed by atoms with Crippen molar-refractivity contribution in [3.8, 4) is 0 Å². The molecule has 0 saturated heterocycles. The summed E-state index contributed by atoms with van der Waals surface area (Å²) in [7, 11) is -0.964. The second-order valence-corrected chi connectivity index (χ2v) is 5.72. The number of alkyl halides is 1. The number of aryl methyl sites for hydroxylation is 1. The van der Waals surface area contributed by atoms with Crippen LogP contribution in [0.2, 0.25) is 0 Å². The zero-order valence-electron chi connectivity index (χ0n) is 7.79. The Morgan fingerprint density at radius 2 is 1.92 bits per heavy atom. The van der Waals surface area contributed by atoms with Gasteiger partial charge in [0.25, 0.3) is 0 Å². The SMILES string of the molecule is Cc1ccc(C[S@@](=O)C(C)Cl)cc1. The van der Waals surface area contributed by atoms with Crippen LogP contribution in [0, 0.1) is 6.92 Å². The van der Waals surface area contributed by atoms with Gasteiger partial charge in [-0.3, -0.25) is 4.21 Å². The summed E-state index contributed by atoms with van der Waals surface area (Å²) in [5, 5.41) is 0. The molecule has 1 nitrogen and oxygen atoms in total. The molecule has 2 atom stereocenters. The lowest BCUT2D eigenvalue weighted by Gasteiger charge is -2.03. The van der Waals surface area contributed by atoms with E-state index in [0.717, 1.165) is 5.56 Å². The fourth-order valence-corrected chi connectivity index (χ4v) is 1.90. The lowest BCUT2D eigenvalue weighted by Crippen LogP contribution is -2.05. The molecule has 0 heterocycles. The van der Waals surface area contributed by atoms with Gasteiger partial charge in [0, 0.05) is 10.8 Å². The molecule has 0 aliphatic carbocycles. The first-order valence-electron chi connectivity index (χ1n) is 4.16. The lowest BCUT2D eigenvalue weighted by molar-refractivity contribution is 0.681. The van der Waals surface area contributed by atoms with Crippen molar-refractivity contribution in [1.82, 2.24) is 0 Å². The van der Waals surface area contributed by atoms with Crippen LogP contribution in [-0.2, 0) is 16.6 Å². The van der Waals surface area contributed by atoms with Gasteiger partial charge < -0.3 is 0 Å². The highest BCUT2D eigenvalue weighted by Gasteiger charge is 2.07. The Morgan fingerprint density at radius 3 is 2.38 bits per heavy atom. The highest BCUT2D eigenvalue weighted by atomic mass is 35.5. The van der Waals surface area contributed by atoms with E-state index in [1.165, 1.54) is 5.56 Å². The van der Waals surface area contributed by atoms with Gasteiger partial charge in [0.15, 0.2) is 0 Å². The van der Waals surface area contributed by atoms with E-state index in [9.17, 15) is 4.21 Å². The van der Waals surface area contributed by atoms with E-state index in [0.29, 0.717) is 5.75 Å². The second kappa shape index (κ2) is 4.77. The van der Waals surface area contributed by atoms with Gasteiger partial charge in [-0.05, 0) is 19.4 Å². The van der Waals surface area contributed by atoms with Crippen LogP contribution in [0.3, 0.4) is 0 Å². The number of benzene rings is 1. The van der Waals surface area contributed by atoms with Crippen molar-refractivity contribution < 1.29 is 4.21 Å². The number of rotatable bonds is 3. The smallest absolute Gasteiger partial charge is 0.106 e. The van der Waals surface area contributed by atoms with E-state index in [4.69, 9.17) is 11.6 Å². The highest BCUT2D eigenvalue weighted by Crippen LogP contribution is 2.10. The quantitative estimate of drug-likeness (QED) is 0.711. The van der Waals surface area contributed by atoms with Crippen molar-refractivity contribution in [3.63, 3.8) is 0 Å². The summed E-state index contributed by atoms with van der Waals surface area (Å²) in [5.41, 5.74) is 2.30. The number of hydrogen-bond donors (Lipinski definition) is 0. The van der Waals surface area contributed by atoms with Crippen molar-refractivity contribution in [3.05, 3.63) is 35.4 Å². The van der Waals surface area contributed by atoms with E-state index in [1.54, 1.807) is 6.92 Å². The lowest BCUT2D eigenvalue weighted by atomic mass is 10.2. The maximum atomic E-state index is 11.4. The molecule has 1 aromatic rings. The minimum absolute atomic E-state index is 0.277. The van der Waals surface area contributed by atoms with E-state index in [1.807, 2.05) is 31.2 Å². The molecule has 0 aliphatic heterocycles. The van der Waals surface area contributed by atoms with Crippen molar-refractivity contribution in [2.24, 2.45) is 0 Å². The molecule has 0 radical (unpaired) electrons. The summed E-state index contributed by atoms with van der Waals surface area (Å²) in [5.74, 6) is 0.547. The normalized spacial score (nSPS) is 15.3. The first-order valence-corrected chi connectivity index (χ1v) is 5.98. The zero-order chi connectivity index (χ0) is 9.84. The third kappa shape index (κ3) is 3.49. The largest absolute Gasteiger partial charge is 0.258 e. The van der Waals surface area contributed by atoms with Crippen LogP contribution in [-0.4, -0.2) is 8.92 Å². The van der Waals surface area contributed by atoms with Crippen LogP contribution in [0.15, 0.2) is 24.3 Å². The highest BCUT2D eigenvalue weighted by molar-refractivity contribution is 7.86. The van der Waals surface area contributed by atoms with Crippen molar-refractivity contribution in [2.75, 3.05) is 0 Å². The van der Waals surface area contributed by atoms with Gasteiger partial charge in [-0.2, -0.15) is 0 Å². The summed E-state index contributed by atoms with van der Waals surface area (Å²) in [4.78, 5) is 0. The van der Waals surface area contributed by atoms with E-state index >= 15 is 0 Å². The summed E-state index contributed by atoms with van der Waals surface area (Å²) in [6.45, 7) is 3.79. The third-order valence-corrected chi connectivity index (χ3v) is 3.73. The molecule has 0 saturated carbocycles. The van der Waals surface area contributed by atoms with Gasteiger partial charge in [-0.1, -0.05) is 29.8 Å². The molecule has 0 spiro atoms. The van der Waals surface area contributed by atoms with Crippen LogP contribution in [0.25, 0.3) is 0 Å². The Morgan fingerprint density at radius 1 is 1.38 bits per heavy atom. The summed E-state index contributed by atoms with van der Waals surface area (Å²) in [6.07, 6.45) is 0. The van der Waals surface area contributed by atoms with E-state index < -0.39 is 10.8 Å².